The Bertz CT molecular complexity index is 760. The van der Waals surface area contributed by atoms with E-state index in [1.165, 1.54) is 11.1 Å². The molecule has 1 atom stereocenters. The fraction of sp³-hybridized carbons (Fsp3) is 0.294. The molecule has 21 heavy (non-hydrogen) atoms. The monoisotopic (exact) mass is 280 g/mol. The molecule has 0 aliphatic carbocycles. The van der Waals surface area contributed by atoms with Gasteiger partial charge in [0.05, 0.1) is 11.7 Å². The quantitative estimate of drug-likeness (QED) is 0.799. The molecule has 0 saturated heterocycles. The third-order valence-electron chi connectivity index (χ3n) is 3.78. The summed E-state index contributed by atoms with van der Waals surface area (Å²) in [6.07, 6.45) is 5.79. The molecule has 2 N–H and O–H groups in total. The molecule has 0 bridgehead atoms. The second-order valence-corrected chi connectivity index (χ2v) is 5.54. The first-order valence-electron chi connectivity index (χ1n) is 7.23. The second-order valence-electron chi connectivity index (χ2n) is 5.54. The fourth-order valence-corrected chi connectivity index (χ4v) is 2.73. The lowest BCUT2D eigenvalue weighted by Crippen LogP contribution is -2.12. The molecule has 0 aliphatic heterocycles. The van der Waals surface area contributed by atoms with Crippen LogP contribution >= 0.6 is 0 Å². The van der Waals surface area contributed by atoms with Gasteiger partial charge in [0.2, 0.25) is 0 Å². The van der Waals surface area contributed by atoms with Gasteiger partial charge in [0.1, 0.15) is 0 Å². The first-order valence-corrected chi connectivity index (χ1v) is 7.23. The maximum Gasteiger partial charge on any atom is 0.0708 e. The minimum Gasteiger partial charge on any atom is -0.324 e. The molecular weight excluding hydrogens is 260 g/mol. The molecule has 0 saturated carbocycles. The van der Waals surface area contributed by atoms with Gasteiger partial charge in [-0.1, -0.05) is 18.2 Å². The Morgan fingerprint density at radius 1 is 1.29 bits per heavy atom. The summed E-state index contributed by atoms with van der Waals surface area (Å²) in [5, 5.41) is 5.35. The molecule has 3 rings (SSSR count). The second kappa shape index (κ2) is 5.66. The van der Waals surface area contributed by atoms with E-state index in [1.807, 2.05) is 49.2 Å². The van der Waals surface area contributed by atoms with Gasteiger partial charge >= 0.3 is 0 Å². The predicted octanol–water partition coefficient (Wildman–Crippen LogP) is 2.91. The van der Waals surface area contributed by atoms with Crippen molar-refractivity contribution in [1.82, 2.24) is 14.8 Å². The van der Waals surface area contributed by atoms with E-state index in [-0.39, 0.29) is 6.04 Å². The molecule has 0 aliphatic rings. The summed E-state index contributed by atoms with van der Waals surface area (Å²) in [6, 6.07) is 10.3. The average Bonchev–Trinajstić information content (AvgIpc) is 2.89. The van der Waals surface area contributed by atoms with Crippen LogP contribution in [0.25, 0.3) is 10.9 Å². The highest BCUT2D eigenvalue weighted by molar-refractivity contribution is 5.82. The lowest BCUT2D eigenvalue weighted by Gasteiger charge is -2.15. The molecule has 4 nitrogen and oxygen atoms in total. The topological polar surface area (TPSA) is 56.7 Å². The summed E-state index contributed by atoms with van der Waals surface area (Å²) in [4.78, 5) is 4.57. The number of hydrogen-bond donors (Lipinski definition) is 1. The maximum absolute atomic E-state index is 6.43. The van der Waals surface area contributed by atoms with Gasteiger partial charge in [0.15, 0.2) is 0 Å². The molecule has 2 aromatic heterocycles. The van der Waals surface area contributed by atoms with Crippen molar-refractivity contribution >= 4 is 10.9 Å². The van der Waals surface area contributed by atoms with Gasteiger partial charge in [-0.2, -0.15) is 5.10 Å². The van der Waals surface area contributed by atoms with Crippen molar-refractivity contribution in [2.45, 2.75) is 25.8 Å². The largest absolute Gasteiger partial charge is 0.324 e. The number of fused-ring (bicyclic) bond motifs is 1. The molecule has 3 aromatic rings. The molecule has 0 fully saturated rings. The molecule has 2 heterocycles. The van der Waals surface area contributed by atoms with Crippen LogP contribution in [0.3, 0.4) is 0 Å². The molecule has 0 amide bonds. The smallest absolute Gasteiger partial charge is 0.0708 e. The standard InChI is InChI=1S/C17H20N4/c1-12-9-15(14-5-3-4-6-17(14)20-12)16(18)8-7-13-10-19-21(2)11-13/h3-6,9-11,16H,7-8,18H2,1-2H3. The van der Waals surface area contributed by atoms with Crippen molar-refractivity contribution in [3.05, 3.63) is 59.5 Å². The molecule has 108 valence electrons. The van der Waals surface area contributed by atoms with Crippen molar-refractivity contribution < 1.29 is 0 Å². The number of rotatable bonds is 4. The van der Waals surface area contributed by atoms with Gasteiger partial charge in [-0.3, -0.25) is 9.67 Å². The summed E-state index contributed by atoms with van der Waals surface area (Å²) in [6.45, 7) is 2.02. The van der Waals surface area contributed by atoms with Crippen molar-refractivity contribution in [2.24, 2.45) is 12.8 Å². The third kappa shape index (κ3) is 2.95. The van der Waals surface area contributed by atoms with Gasteiger partial charge in [-0.05, 0) is 43.0 Å². The number of pyridine rings is 1. The van der Waals surface area contributed by atoms with Crippen LogP contribution in [0.1, 0.15) is 29.3 Å². The molecular formula is C17H20N4. The van der Waals surface area contributed by atoms with Crippen LogP contribution in [0.15, 0.2) is 42.7 Å². The summed E-state index contributed by atoms with van der Waals surface area (Å²) in [7, 11) is 1.93. The van der Waals surface area contributed by atoms with Crippen LogP contribution < -0.4 is 5.73 Å². The Morgan fingerprint density at radius 3 is 2.86 bits per heavy atom. The zero-order valence-corrected chi connectivity index (χ0v) is 12.5. The first kappa shape index (κ1) is 13.8. The number of hydrogen-bond acceptors (Lipinski definition) is 3. The van der Waals surface area contributed by atoms with Crippen LogP contribution in [0.4, 0.5) is 0 Å². The van der Waals surface area contributed by atoms with Crippen LogP contribution in [-0.4, -0.2) is 14.8 Å². The number of nitrogens with zero attached hydrogens (tertiary/aromatic N) is 3. The number of nitrogens with two attached hydrogens (primary N) is 1. The van der Waals surface area contributed by atoms with Crippen molar-refractivity contribution in [3.8, 4) is 0 Å². The van der Waals surface area contributed by atoms with Gasteiger partial charge in [0, 0.05) is 30.4 Å². The zero-order valence-electron chi connectivity index (χ0n) is 12.5. The summed E-state index contributed by atoms with van der Waals surface area (Å²) in [5.74, 6) is 0. The van der Waals surface area contributed by atoms with Crippen molar-refractivity contribution in [1.29, 1.82) is 0 Å². The molecule has 1 aromatic carbocycles. The average molecular weight is 280 g/mol. The van der Waals surface area contributed by atoms with E-state index in [0.717, 1.165) is 29.4 Å². The highest BCUT2D eigenvalue weighted by Gasteiger charge is 2.12. The Hall–Kier alpha value is -2.20. The van der Waals surface area contributed by atoms with Crippen molar-refractivity contribution in [3.63, 3.8) is 0 Å². The minimum atomic E-state index is 0.0109. The van der Waals surface area contributed by atoms with E-state index in [0.29, 0.717) is 0 Å². The van der Waals surface area contributed by atoms with Crippen LogP contribution in [0, 0.1) is 6.92 Å². The normalized spacial score (nSPS) is 12.7. The Kier molecular flexibility index (Phi) is 3.71. The van der Waals surface area contributed by atoms with Gasteiger partial charge in [-0.25, -0.2) is 0 Å². The van der Waals surface area contributed by atoms with Gasteiger partial charge in [-0.15, -0.1) is 0 Å². The molecule has 1 unspecified atom stereocenters. The number of para-hydroxylation sites is 1. The van der Waals surface area contributed by atoms with Crippen LogP contribution in [0.5, 0.6) is 0 Å². The van der Waals surface area contributed by atoms with E-state index < -0.39 is 0 Å². The lowest BCUT2D eigenvalue weighted by atomic mass is 9.97. The van der Waals surface area contributed by atoms with Gasteiger partial charge < -0.3 is 5.73 Å². The summed E-state index contributed by atoms with van der Waals surface area (Å²) in [5.41, 5.74) is 10.9. The van der Waals surface area contributed by atoms with E-state index in [2.05, 4.69) is 22.2 Å². The Balaban J connectivity index is 1.85. The molecule has 0 radical (unpaired) electrons. The number of aryl methyl sites for hydroxylation is 3. The highest BCUT2D eigenvalue weighted by atomic mass is 15.2. The lowest BCUT2D eigenvalue weighted by molar-refractivity contribution is 0.654. The third-order valence-corrected chi connectivity index (χ3v) is 3.78. The Labute approximate surface area is 124 Å². The summed E-state index contributed by atoms with van der Waals surface area (Å²) >= 11 is 0. The van der Waals surface area contributed by atoms with E-state index in [9.17, 15) is 0 Å². The minimum absolute atomic E-state index is 0.0109. The van der Waals surface area contributed by atoms with E-state index in [4.69, 9.17) is 5.73 Å². The highest BCUT2D eigenvalue weighted by Crippen LogP contribution is 2.25. The summed E-state index contributed by atoms with van der Waals surface area (Å²) < 4.78 is 1.83. The van der Waals surface area contributed by atoms with Crippen molar-refractivity contribution in [2.75, 3.05) is 0 Å². The van der Waals surface area contributed by atoms with E-state index in [1.54, 1.807) is 0 Å². The molecule has 0 spiro atoms. The first-order chi connectivity index (χ1) is 10.1. The van der Waals surface area contributed by atoms with E-state index >= 15 is 0 Å². The SMILES string of the molecule is Cc1cc(C(N)CCc2cnn(C)c2)c2ccccc2n1. The zero-order chi connectivity index (χ0) is 14.8. The molecule has 4 heteroatoms. The van der Waals surface area contributed by atoms with Crippen LogP contribution in [-0.2, 0) is 13.5 Å². The number of aromatic nitrogens is 3. The Morgan fingerprint density at radius 2 is 2.10 bits per heavy atom. The maximum atomic E-state index is 6.43. The fourth-order valence-electron chi connectivity index (χ4n) is 2.73. The van der Waals surface area contributed by atoms with Crippen LogP contribution in [0.2, 0.25) is 0 Å². The van der Waals surface area contributed by atoms with Gasteiger partial charge in [0.25, 0.3) is 0 Å². The number of benzene rings is 1. The predicted molar refractivity (Wildman–Crippen MR) is 84.9 cm³/mol.